The Hall–Kier alpha value is -6.64. The van der Waals surface area contributed by atoms with E-state index in [4.69, 9.17) is 4.42 Å². The average Bonchev–Trinajstić information content (AvgIpc) is 3.87. The number of fused-ring (bicyclic) bond motifs is 13. The summed E-state index contributed by atoms with van der Waals surface area (Å²) in [6, 6.07) is 69.7. The van der Waals surface area contributed by atoms with Crippen molar-refractivity contribution in [3.63, 3.8) is 0 Å². The number of rotatable bonds is 4. The maximum atomic E-state index is 6.31. The predicted molar refractivity (Wildman–Crippen MR) is 231 cm³/mol. The Bertz CT molecular complexity index is 2950. The summed E-state index contributed by atoms with van der Waals surface area (Å²) in [5.74, 6) is 0. The third-order valence-electron chi connectivity index (χ3n) is 13.5. The van der Waals surface area contributed by atoms with Crippen molar-refractivity contribution in [2.45, 2.75) is 36.5 Å². The monoisotopic (exact) mass is 717 g/mol. The molecule has 0 unspecified atom stereocenters. The van der Waals surface area contributed by atoms with E-state index in [1.54, 1.807) is 0 Å². The minimum Gasteiger partial charge on any atom is -0.456 e. The van der Waals surface area contributed by atoms with Crippen molar-refractivity contribution in [1.29, 1.82) is 0 Å². The second-order valence-corrected chi connectivity index (χ2v) is 16.1. The summed E-state index contributed by atoms with van der Waals surface area (Å²) in [7, 11) is 0. The molecule has 8 aromatic carbocycles. The normalized spacial score (nSPS) is 15.5. The van der Waals surface area contributed by atoms with Crippen LogP contribution in [-0.4, -0.2) is 0 Å². The molecular weight excluding hydrogens is 679 g/mol. The van der Waals surface area contributed by atoms with Gasteiger partial charge in [-0.25, -0.2) is 0 Å². The first-order valence-electron chi connectivity index (χ1n) is 20.0. The van der Waals surface area contributed by atoms with Crippen LogP contribution < -0.4 is 4.90 Å². The molecule has 0 saturated heterocycles. The Labute approximate surface area is 327 Å². The van der Waals surface area contributed by atoms with Crippen molar-refractivity contribution in [2.75, 3.05) is 4.90 Å². The predicted octanol–water partition coefficient (Wildman–Crippen LogP) is 14.5. The van der Waals surface area contributed by atoms with Crippen LogP contribution in [0.2, 0.25) is 0 Å². The summed E-state index contributed by atoms with van der Waals surface area (Å²) in [6.45, 7) is 0. The van der Waals surface area contributed by atoms with E-state index in [1.165, 1.54) is 61.3 Å². The minimum atomic E-state index is -0.0675. The van der Waals surface area contributed by atoms with Gasteiger partial charge in [-0.15, -0.1) is 0 Å². The first-order chi connectivity index (χ1) is 27.7. The highest BCUT2D eigenvalue weighted by Gasteiger charge is 2.53. The van der Waals surface area contributed by atoms with Crippen molar-refractivity contribution in [3.8, 4) is 33.4 Å². The van der Waals surface area contributed by atoms with E-state index in [9.17, 15) is 0 Å². The van der Waals surface area contributed by atoms with Crippen LogP contribution in [0.5, 0.6) is 0 Å². The molecule has 12 rings (SSSR count). The molecule has 56 heavy (non-hydrogen) atoms. The topological polar surface area (TPSA) is 16.4 Å². The van der Waals surface area contributed by atoms with E-state index >= 15 is 0 Å². The van der Waals surface area contributed by atoms with Gasteiger partial charge in [0.05, 0.1) is 0 Å². The van der Waals surface area contributed by atoms with Crippen molar-refractivity contribution in [2.24, 2.45) is 0 Å². The van der Waals surface area contributed by atoms with Crippen molar-refractivity contribution < 1.29 is 4.42 Å². The third kappa shape index (κ3) is 4.44. The SMILES string of the molecule is c1ccc(-c2cccc(N(c3ccc4c(c3)C3(CCC5(CC3)c3ccccc3-c3ccccc35)c3ccccc3-4)c3ccc4oc5ccccc5c4c3)c2)cc1. The van der Waals surface area contributed by atoms with Crippen LogP contribution >= 0.6 is 0 Å². The van der Waals surface area contributed by atoms with Crippen LogP contribution in [0.4, 0.5) is 17.1 Å². The van der Waals surface area contributed by atoms with Gasteiger partial charge < -0.3 is 9.32 Å². The van der Waals surface area contributed by atoms with E-state index in [-0.39, 0.29) is 10.8 Å². The molecule has 2 heteroatoms. The van der Waals surface area contributed by atoms with Gasteiger partial charge in [0, 0.05) is 38.7 Å². The van der Waals surface area contributed by atoms with Crippen LogP contribution in [0.15, 0.2) is 192 Å². The molecule has 1 fully saturated rings. The number of hydrogen-bond donors (Lipinski definition) is 0. The summed E-state index contributed by atoms with van der Waals surface area (Å²) in [5.41, 5.74) is 19.2. The zero-order chi connectivity index (χ0) is 36.8. The van der Waals surface area contributed by atoms with E-state index in [0.29, 0.717) is 0 Å². The van der Waals surface area contributed by atoms with Gasteiger partial charge in [0.1, 0.15) is 11.2 Å². The molecular formula is C54H39NO. The Morgan fingerprint density at radius 2 is 0.839 bits per heavy atom. The molecule has 2 spiro atoms. The van der Waals surface area contributed by atoms with Gasteiger partial charge in [0.2, 0.25) is 0 Å². The molecule has 2 nitrogen and oxygen atoms in total. The lowest BCUT2D eigenvalue weighted by Crippen LogP contribution is -2.39. The van der Waals surface area contributed by atoms with Crippen molar-refractivity contribution >= 4 is 39.0 Å². The van der Waals surface area contributed by atoms with Gasteiger partial charge in [-0.3, -0.25) is 0 Å². The number of hydrogen-bond acceptors (Lipinski definition) is 2. The molecule has 0 aliphatic heterocycles. The summed E-state index contributed by atoms with van der Waals surface area (Å²) in [4.78, 5) is 2.46. The third-order valence-corrected chi connectivity index (χ3v) is 13.5. The summed E-state index contributed by atoms with van der Waals surface area (Å²) in [5, 5.41) is 2.26. The Balaban J connectivity index is 1.03. The average molecular weight is 718 g/mol. The zero-order valence-electron chi connectivity index (χ0n) is 31.1. The Kier molecular flexibility index (Phi) is 6.75. The second kappa shape index (κ2) is 11.9. The van der Waals surface area contributed by atoms with Gasteiger partial charge in [0.15, 0.2) is 0 Å². The van der Waals surface area contributed by atoms with Crippen LogP contribution in [0, 0.1) is 0 Å². The van der Waals surface area contributed by atoms with Gasteiger partial charge in [-0.05, 0) is 130 Å². The number of para-hydroxylation sites is 1. The number of furan rings is 1. The lowest BCUT2D eigenvalue weighted by atomic mass is 9.57. The fourth-order valence-corrected chi connectivity index (χ4v) is 10.9. The van der Waals surface area contributed by atoms with Crippen LogP contribution in [0.3, 0.4) is 0 Å². The molecule has 0 radical (unpaired) electrons. The first-order valence-corrected chi connectivity index (χ1v) is 20.0. The first kappa shape index (κ1) is 31.7. The second-order valence-electron chi connectivity index (χ2n) is 16.1. The largest absolute Gasteiger partial charge is 0.456 e. The van der Waals surface area contributed by atoms with Gasteiger partial charge >= 0.3 is 0 Å². The highest BCUT2D eigenvalue weighted by atomic mass is 16.3. The molecule has 0 N–H and O–H groups in total. The molecule has 0 atom stereocenters. The molecule has 1 saturated carbocycles. The van der Waals surface area contributed by atoms with Crippen LogP contribution in [0.25, 0.3) is 55.3 Å². The van der Waals surface area contributed by atoms with E-state index < -0.39 is 0 Å². The molecule has 1 heterocycles. The van der Waals surface area contributed by atoms with E-state index in [1.807, 2.05) is 6.07 Å². The maximum absolute atomic E-state index is 6.31. The number of nitrogens with zero attached hydrogens (tertiary/aromatic N) is 1. The number of benzene rings is 8. The van der Waals surface area contributed by atoms with Crippen LogP contribution in [-0.2, 0) is 10.8 Å². The van der Waals surface area contributed by atoms with Crippen molar-refractivity contribution in [1.82, 2.24) is 0 Å². The smallest absolute Gasteiger partial charge is 0.135 e. The Morgan fingerprint density at radius 3 is 1.54 bits per heavy atom. The maximum Gasteiger partial charge on any atom is 0.135 e. The highest BCUT2D eigenvalue weighted by Crippen LogP contribution is 2.64. The Morgan fingerprint density at radius 1 is 0.339 bits per heavy atom. The lowest BCUT2D eigenvalue weighted by molar-refractivity contribution is 0.265. The van der Waals surface area contributed by atoms with Crippen molar-refractivity contribution in [3.05, 3.63) is 210 Å². The molecule has 0 amide bonds. The summed E-state index contributed by atoms with van der Waals surface area (Å²) < 4.78 is 6.31. The van der Waals surface area contributed by atoms with Crippen LogP contribution in [0.1, 0.15) is 47.9 Å². The molecule has 0 bridgehead atoms. The fraction of sp³-hybridized carbons (Fsp3) is 0.111. The fourth-order valence-electron chi connectivity index (χ4n) is 10.9. The van der Waals surface area contributed by atoms with Gasteiger partial charge in [0.25, 0.3) is 0 Å². The van der Waals surface area contributed by atoms with Gasteiger partial charge in [-0.1, -0.05) is 140 Å². The lowest BCUT2D eigenvalue weighted by Gasteiger charge is -2.45. The standard InChI is InChI=1S/C54H39NO/c1-2-13-36(14-3-1)37-15-12-16-38(33-37)55(39-26-28-52-46(34-39)45-20-7-11-24-51(45)56-52)40-25-27-44-43-19-6-10-23-49(43)54(50(44)35-40)31-29-53(30-32-54)47-21-8-4-17-41(47)42-18-5-9-22-48(42)53/h1-28,33-35H,29-32H2. The number of anilines is 3. The summed E-state index contributed by atoms with van der Waals surface area (Å²) in [6.07, 6.45) is 4.43. The highest BCUT2D eigenvalue weighted by molar-refractivity contribution is 6.06. The molecule has 3 aliphatic rings. The minimum absolute atomic E-state index is 0.0421. The molecule has 9 aromatic rings. The van der Waals surface area contributed by atoms with Gasteiger partial charge in [-0.2, -0.15) is 0 Å². The summed E-state index contributed by atoms with van der Waals surface area (Å²) >= 11 is 0. The van der Waals surface area contributed by atoms with E-state index in [2.05, 4.69) is 187 Å². The van der Waals surface area contributed by atoms with E-state index in [0.717, 1.165) is 59.0 Å². The molecule has 266 valence electrons. The zero-order valence-corrected chi connectivity index (χ0v) is 31.1. The quantitative estimate of drug-likeness (QED) is 0.180. The molecule has 3 aliphatic carbocycles. The molecule has 1 aromatic heterocycles.